The van der Waals surface area contributed by atoms with Crippen LogP contribution in [0.3, 0.4) is 0 Å². The monoisotopic (exact) mass is 562 g/mol. The van der Waals surface area contributed by atoms with Crippen molar-refractivity contribution in [1.82, 2.24) is 15.6 Å². The summed E-state index contributed by atoms with van der Waals surface area (Å²) in [4.78, 5) is 40.6. The molecule has 4 N–H and O–H groups in total. The molecule has 10 heteroatoms. The van der Waals surface area contributed by atoms with Crippen molar-refractivity contribution < 1.29 is 19.5 Å². The SMILES string of the molecule is CC(C)(CNC(=O)O)c1cccc(C(=O)NCC(=O)Nc2nc(-c3cccc(-c4cccc(Cl)c4)c3)cs2)c1. The van der Waals surface area contributed by atoms with E-state index in [1.54, 1.807) is 18.2 Å². The van der Waals surface area contributed by atoms with Crippen LogP contribution in [0, 0.1) is 0 Å². The topological polar surface area (TPSA) is 120 Å². The van der Waals surface area contributed by atoms with Crippen LogP contribution in [0.5, 0.6) is 0 Å². The number of benzene rings is 3. The number of carbonyl (C=O) groups excluding carboxylic acids is 2. The lowest BCUT2D eigenvalue weighted by Gasteiger charge is -2.25. The molecule has 39 heavy (non-hydrogen) atoms. The highest BCUT2D eigenvalue weighted by atomic mass is 35.5. The number of carbonyl (C=O) groups is 3. The molecule has 0 bridgehead atoms. The summed E-state index contributed by atoms with van der Waals surface area (Å²) >= 11 is 7.43. The maximum Gasteiger partial charge on any atom is 0.404 e. The van der Waals surface area contributed by atoms with Crippen molar-refractivity contribution in [1.29, 1.82) is 0 Å². The minimum atomic E-state index is -1.11. The number of thiazole rings is 1. The van der Waals surface area contributed by atoms with Crippen molar-refractivity contribution in [2.45, 2.75) is 19.3 Å². The molecule has 0 saturated heterocycles. The predicted molar refractivity (Wildman–Crippen MR) is 154 cm³/mol. The Labute approximate surface area is 235 Å². The van der Waals surface area contributed by atoms with Crippen LogP contribution in [0.1, 0.15) is 29.8 Å². The van der Waals surface area contributed by atoms with Crippen LogP contribution in [-0.4, -0.2) is 41.1 Å². The van der Waals surface area contributed by atoms with E-state index in [1.807, 2.05) is 73.8 Å². The van der Waals surface area contributed by atoms with Gasteiger partial charge in [0.2, 0.25) is 5.91 Å². The summed E-state index contributed by atoms with van der Waals surface area (Å²) in [5, 5.41) is 19.6. The summed E-state index contributed by atoms with van der Waals surface area (Å²) in [5.41, 5.74) is 4.26. The van der Waals surface area contributed by atoms with Crippen LogP contribution >= 0.6 is 22.9 Å². The standard InChI is InChI=1S/C29H27ClN4O4S/c1-29(2,17-32-28(37)38)22-10-4-9-21(13-22)26(36)31-15-25(35)34-27-33-24(16-39-27)20-8-3-6-18(12-20)19-7-5-11-23(30)14-19/h3-14,16,32H,15,17H2,1-2H3,(H,31,36)(H,37,38)(H,33,34,35). The normalized spacial score (nSPS) is 11.1. The Morgan fingerprint density at radius 2 is 1.62 bits per heavy atom. The summed E-state index contributed by atoms with van der Waals surface area (Å²) in [6.45, 7) is 3.72. The molecule has 3 amide bonds. The van der Waals surface area contributed by atoms with Gasteiger partial charge >= 0.3 is 6.09 Å². The van der Waals surface area contributed by atoms with Crippen LogP contribution in [0.25, 0.3) is 22.4 Å². The smallest absolute Gasteiger partial charge is 0.404 e. The zero-order valence-corrected chi connectivity index (χ0v) is 22.9. The molecule has 0 aliphatic carbocycles. The number of nitrogens with zero attached hydrogens (tertiary/aromatic N) is 1. The summed E-state index contributed by atoms with van der Waals surface area (Å²) < 4.78 is 0. The quantitative estimate of drug-likeness (QED) is 0.198. The fraction of sp³-hybridized carbons (Fsp3) is 0.172. The fourth-order valence-corrected chi connectivity index (χ4v) is 4.82. The highest BCUT2D eigenvalue weighted by Crippen LogP contribution is 2.30. The number of anilines is 1. The number of rotatable bonds is 9. The largest absolute Gasteiger partial charge is 0.465 e. The first-order chi connectivity index (χ1) is 18.6. The van der Waals surface area contributed by atoms with Crippen LogP contribution in [-0.2, 0) is 10.2 Å². The molecule has 0 saturated carbocycles. The van der Waals surface area contributed by atoms with Crippen molar-refractivity contribution in [3.63, 3.8) is 0 Å². The molecule has 0 aliphatic heterocycles. The van der Waals surface area contributed by atoms with Gasteiger partial charge in [-0.25, -0.2) is 9.78 Å². The van der Waals surface area contributed by atoms with Gasteiger partial charge in [0.15, 0.2) is 5.13 Å². The number of aromatic nitrogens is 1. The second-order valence-electron chi connectivity index (χ2n) is 9.48. The van der Waals surface area contributed by atoms with E-state index >= 15 is 0 Å². The van der Waals surface area contributed by atoms with Gasteiger partial charge in [-0.15, -0.1) is 11.3 Å². The molecule has 0 fully saturated rings. The Balaban J connectivity index is 1.35. The average Bonchev–Trinajstić information content (AvgIpc) is 3.39. The number of hydrogen-bond donors (Lipinski definition) is 4. The lowest BCUT2D eigenvalue weighted by Crippen LogP contribution is -2.36. The number of carboxylic acid groups (broad SMARTS) is 1. The Morgan fingerprint density at radius 1 is 0.923 bits per heavy atom. The highest BCUT2D eigenvalue weighted by molar-refractivity contribution is 7.14. The zero-order valence-electron chi connectivity index (χ0n) is 21.3. The highest BCUT2D eigenvalue weighted by Gasteiger charge is 2.22. The van der Waals surface area contributed by atoms with Crippen LogP contribution in [0.2, 0.25) is 5.02 Å². The van der Waals surface area contributed by atoms with Crippen molar-refractivity contribution >= 4 is 46.0 Å². The third kappa shape index (κ3) is 7.43. The molecule has 0 atom stereocenters. The Bertz CT molecular complexity index is 1520. The number of halogens is 1. The zero-order chi connectivity index (χ0) is 28.0. The molecule has 4 rings (SSSR count). The van der Waals surface area contributed by atoms with E-state index in [0.717, 1.165) is 27.9 Å². The van der Waals surface area contributed by atoms with E-state index in [-0.39, 0.29) is 13.1 Å². The molecule has 0 spiro atoms. The first kappa shape index (κ1) is 27.8. The molecule has 8 nitrogen and oxygen atoms in total. The van der Waals surface area contributed by atoms with Crippen molar-refractivity contribution in [3.05, 3.63) is 94.3 Å². The van der Waals surface area contributed by atoms with Crippen LogP contribution in [0.4, 0.5) is 9.93 Å². The summed E-state index contributed by atoms with van der Waals surface area (Å²) in [6.07, 6.45) is -1.11. The fourth-order valence-electron chi connectivity index (χ4n) is 3.90. The Kier molecular flexibility index (Phi) is 8.63. The van der Waals surface area contributed by atoms with Crippen molar-refractivity contribution in [2.24, 2.45) is 0 Å². The third-order valence-electron chi connectivity index (χ3n) is 6.06. The lowest BCUT2D eigenvalue weighted by molar-refractivity contribution is -0.115. The molecule has 0 radical (unpaired) electrons. The number of nitrogens with one attached hydrogen (secondary N) is 3. The summed E-state index contributed by atoms with van der Waals surface area (Å²) in [6, 6.07) is 22.4. The molecule has 0 unspecified atom stereocenters. The first-order valence-corrected chi connectivity index (χ1v) is 13.3. The molecule has 200 valence electrons. The van der Waals surface area contributed by atoms with Gasteiger partial charge in [-0.3, -0.25) is 9.59 Å². The van der Waals surface area contributed by atoms with E-state index in [1.165, 1.54) is 11.3 Å². The number of amides is 3. The first-order valence-electron chi connectivity index (χ1n) is 12.1. The van der Waals surface area contributed by atoms with E-state index < -0.39 is 23.3 Å². The van der Waals surface area contributed by atoms with Gasteiger partial charge in [0, 0.05) is 33.5 Å². The van der Waals surface area contributed by atoms with Gasteiger partial charge < -0.3 is 21.1 Å². The van der Waals surface area contributed by atoms with Crippen molar-refractivity contribution in [2.75, 3.05) is 18.4 Å². The molecule has 1 aromatic heterocycles. The van der Waals surface area contributed by atoms with Gasteiger partial charge in [-0.05, 0) is 47.0 Å². The van der Waals surface area contributed by atoms with E-state index in [0.29, 0.717) is 15.7 Å². The van der Waals surface area contributed by atoms with E-state index in [4.69, 9.17) is 16.7 Å². The summed E-state index contributed by atoms with van der Waals surface area (Å²) in [5.74, 6) is -0.814. The van der Waals surface area contributed by atoms with Gasteiger partial charge in [-0.2, -0.15) is 0 Å². The molecule has 4 aromatic rings. The van der Waals surface area contributed by atoms with Gasteiger partial charge in [0.1, 0.15) is 0 Å². The third-order valence-corrected chi connectivity index (χ3v) is 7.06. The van der Waals surface area contributed by atoms with E-state index in [2.05, 4.69) is 20.9 Å². The lowest BCUT2D eigenvalue weighted by atomic mass is 9.84. The second kappa shape index (κ2) is 12.1. The second-order valence-corrected chi connectivity index (χ2v) is 10.8. The molecular formula is C29H27ClN4O4S. The Morgan fingerprint density at radius 3 is 2.36 bits per heavy atom. The minimum Gasteiger partial charge on any atom is -0.465 e. The molecular weight excluding hydrogens is 536 g/mol. The van der Waals surface area contributed by atoms with Gasteiger partial charge in [0.25, 0.3) is 5.91 Å². The minimum absolute atomic E-state index is 0.191. The maximum atomic E-state index is 12.7. The molecule has 3 aromatic carbocycles. The van der Waals surface area contributed by atoms with Gasteiger partial charge in [-0.1, -0.05) is 67.9 Å². The number of hydrogen-bond acceptors (Lipinski definition) is 5. The molecule has 0 aliphatic rings. The van der Waals surface area contributed by atoms with Crippen LogP contribution in [0.15, 0.2) is 78.2 Å². The predicted octanol–water partition coefficient (Wildman–Crippen LogP) is 6.04. The summed E-state index contributed by atoms with van der Waals surface area (Å²) in [7, 11) is 0. The van der Waals surface area contributed by atoms with E-state index in [9.17, 15) is 14.4 Å². The maximum absolute atomic E-state index is 12.7. The van der Waals surface area contributed by atoms with Crippen LogP contribution < -0.4 is 16.0 Å². The van der Waals surface area contributed by atoms with Crippen molar-refractivity contribution in [3.8, 4) is 22.4 Å². The Hall–Kier alpha value is -4.21. The van der Waals surface area contributed by atoms with Gasteiger partial charge in [0.05, 0.1) is 12.2 Å². The average molecular weight is 563 g/mol. The molecule has 1 heterocycles.